The topological polar surface area (TPSA) is 62.2 Å². The van der Waals surface area contributed by atoms with Gasteiger partial charge >= 0.3 is 5.97 Å². The van der Waals surface area contributed by atoms with Gasteiger partial charge in [-0.15, -0.1) is 0 Å². The van der Waals surface area contributed by atoms with Gasteiger partial charge in [0.1, 0.15) is 6.04 Å². The summed E-state index contributed by atoms with van der Waals surface area (Å²) in [5, 5.41) is 13.3. The first-order valence-corrected chi connectivity index (χ1v) is 7.05. The van der Waals surface area contributed by atoms with E-state index in [1.165, 1.54) is 11.3 Å². The highest BCUT2D eigenvalue weighted by atomic mass is 79.9. The van der Waals surface area contributed by atoms with Gasteiger partial charge in [0.05, 0.1) is 10.2 Å². The van der Waals surface area contributed by atoms with Crippen LogP contribution in [0.25, 0.3) is 10.2 Å². The Bertz CT molecular complexity index is 496. The Kier molecular flexibility index (Phi) is 3.96. The van der Waals surface area contributed by atoms with Crippen molar-refractivity contribution in [1.29, 1.82) is 0 Å². The van der Waals surface area contributed by atoms with E-state index in [1.807, 2.05) is 24.3 Å². The van der Waals surface area contributed by atoms with Gasteiger partial charge in [0, 0.05) is 5.33 Å². The summed E-state index contributed by atoms with van der Waals surface area (Å²) < 4.78 is 1.05. The number of thiazole rings is 1. The third kappa shape index (κ3) is 2.95. The van der Waals surface area contributed by atoms with Crippen molar-refractivity contribution < 1.29 is 9.90 Å². The van der Waals surface area contributed by atoms with Crippen LogP contribution >= 0.6 is 27.3 Å². The second-order valence-corrected chi connectivity index (χ2v) is 5.32. The van der Waals surface area contributed by atoms with Gasteiger partial charge in [-0.05, 0) is 18.6 Å². The molecule has 0 spiro atoms. The minimum atomic E-state index is -0.858. The number of hydrogen-bond acceptors (Lipinski definition) is 4. The highest BCUT2D eigenvalue weighted by Crippen LogP contribution is 2.26. The van der Waals surface area contributed by atoms with Crippen molar-refractivity contribution in [3.05, 3.63) is 24.3 Å². The summed E-state index contributed by atoms with van der Waals surface area (Å²) >= 11 is 4.71. The minimum absolute atomic E-state index is 0.519. The van der Waals surface area contributed by atoms with Gasteiger partial charge in [0.2, 0.25) is 0 Å². The number of carboxylic acids is 1. The Morgan fingerprint density at radius 2 is 2.29 bits per heavy atom. The average molecular weight is 315 g/mol. The fourth-order valence-electron chi connectivity index (χ4n) is 1.45. The van der Waals surface area contributed by atoms with Crippen LogP contribution in [0.3, 0.4) is 0 Å². The Labute approximate surface area is 111 Å². The molecule has 4 nitrogen and oxygen atoms in total. The number of hydrogen-bond donors (Lipinski definition) is 2. The molecule has 0 aliphatic carbocycles. The molecule has 0 amide bonds. The van der Waals surface area contributed by atoms with Crippen LogP contribution in [0.2, 0.25) is 0 Å². The minimum Gasteiger partial charge on any atom is -0.480 e. The summed E-state index contributed by atoms with van der Waals surface area (Å²) in [6.07, 6.45) is 0.519. The van der Waals surface area contributed by atoms with E-state index in [2.05, 4.69) is 26.2 Å². The number of carboxylic acid groups (broad SMARTS) is 1. The zero-order chi connectivity index (χ0) is 12.3. The van der Waals surface area contributed by atoms with Gasteiger partial charge in [-0.1, -0.05) is 39.4 Å². The Morgan fingerprint density at radius 3 is 2.94 bits per heavy atom. The summed E-state index contributed by atoms with van der Waals surface area (Å²) in [5.74, 6) is -0.858. The molecule has 0 bridgehead atoms. The van der Waals surface area contributed by atoms with Crippen LogP contribution in [0.5, 0.6) is 0 Å². The lowest BCUT2D eigenvalue weighted by molar-refractivity contribution is -0.137. The van der Waals surface area contributed by atoms with Crippen LogP contribution in [0.4, 0.5) is 5.13 Å². The lowest BCUT2D eigenvalue weighted by atomic mass is 10.2. The van der Waals surface area contributed by atoms with E-state index in [4.69, 9.17) is 5.11 Å². The molecule has 0 saturated heterocycles. The predicted octanol–water partition coefficient (Wildman–Crippen LogP) is 2.95. The van der Waals surface area contributed by atoms with Crippen LogP contribution in [0.1, 0.15) is 6.42 Å². The highest BCUT2D eigenvalue weighted by Gasteiger charge is 2.17. The molecule has 90 valence electrons. The van der Waals surface area contributed by atoms with Gasteiger partial charge < -0.3 is 10.4 Å². The molecular formula is C11H11BrN2O2S. The van der Waals surface area contributed by atoms with E-state index in [9.17, 15) is 4.79 Å². The van der Waals surface area contributed by atoms with Crippen LogP contribution in [-0.4, -0.2) is 27.4 Å². The maximum Gasteiger partial charge on any atom is 0.326 e. The van der Waals surface area contributed by atoms with E-state index in [0.717, 1.165) is 10.2 Å². The Hall–Kier alpha value is -1.14. The molecule has 2 aromatic rings. The molecule has 1 aromatic heterocycles. The number of aliphatic carboxylic acids is 1. The fourth-order valence-corrected chi connectivity index (χ4v) is 2.83. The van der Waals surface area contributed by atoms with Crippen molar-refractivity contribution in [3.63, 3.8) is 0 Å². The van der Waals surface area contributed by atoms with Crippen molar-refractivity contribution in [2.45, 2.75) is 12.5 Å². The quantitative estimate of drug-likeness (QED) is 0.833. The Morgan fingerprint density at radius 1 is 1.53 bits per heavy atom. The summed E-state index contributed by atoms with van der Waals surface area (Å²) in [5.41, 5.74) is 0.892. The van der Waals surface area contributed by atoms with E-state index >= 15 is 0 Å². The van der Waals surface area contributed by atoms with Crippen molar-refractivity contribution in [1.82, 2.24) is 4.98 Å². The van der Waals surface area contributed by atoms with Gasteiger partial charge in [-0.25, -0.2) is 9.78 Å². The third-order valence-electron chi connectivity index (χ3n) is 2.29. The van der Waals surface area contributed by atoms with Crippen molar-refractivity contribution >= 4 is 48.6 Å². The van der Waals surface area contributed by atoms with Gasteiger partial charge in [-0.3, -0.25) is 0 Å². The predicted molar refractivity (Wildman–Crippen MR) is 73.1 cm³/mol. The van der Waals surface area contributed by atoms with Crippen LogP contribution in [0, 0.1) is 0 Å². The monoisotopic (exact) mass is 314 g/mol. The largest absolute Gasteiger partial charge is 0.480 e. The van der Waals surface area contributed by atoms with E-state index in [-0.39, 0.29) is 0 Å². The molecule has 6 heteroatoms. The average Bonchev–Trinajstić information content (AvgIpc) is 2.70. The van der Waals surface area contributed by atoms with Crippen molar-refractivity contribution in [2.24, 2.45) is 0 Å². The first-order chi connectivity index (χ1) is 8.20. The third-order valence-corrected chi connectivity index (χ3v) is 3.71. The highest BCUT2D eigenvalue weighted by molar-refractivity contribution is 9.09. The van der Waals surface area contributed by atoms with Crippen molar-refractivity contribution in [3.8, 4) is 0 Å². The second-order valence-electron chi connectivity index (χ2n) is 3.50. The molecule has 17 heavy (non-hydrogen) atoms. The number of aromatic nitrogens is 1. The van der Waals surface area contributed by atoms with Gasteiger partial charge in [-0.2, -0.15) is 0 Å². The first-order valence-electron chi connectivity index (χ1n) is 5.11. The number of benzene rings is 1. The SMILES string of the molecule is O=C(O)C(CCBr)Nc1nc2ccccc2s1. The number of carbonyl (C=O) groups is 1. The summed E-state index contributed by atoms with van der Waals surface area (Å²) in [7, 11) is 0. The standard InChI is InChI=1S/C11H11BrN2O2S/c12-6-5-8(10(15)16)14-11-13-7-3-1-2-4-9(7)17-11/h1-4,8H,5-6H2,(H,13,14)(H,15,16). The number of para-hydroxylation sites is 1. The smallest absolute Gasteiger partial charge is 0.326 e. The number of nitrogens with one attached hydrogen (secondary N) is 1. The Balaban J connectivity index is 2.19. The van der Waals surface area contributed by atoms with Crippen LogP contribution < -0.4 is 5.32 Å². The van der Waals surface area contributed by atoms with Crippen LogP contribution in [0.15, 0.2) is 24.3 Å². The molecule has 0 aliphatic rings. The lowest BCUT2D eigenvalue weighted by Gasteiger charge is -2.11. The molecule has 2 N–H and O–H groups in total. The van der Waals surface area contributed by atoms with E-state index in [1.54, 1.807) is 0 Å². The maximum atomic E-state index is 11.0. The molecule has 0 fully saturated rings. The molecular weight excluding hydrogens is 304 g/mol. The number of fused-ring (bicyclic) bond motifs is 1. The lowest BCUT2D eigenvalue weighted by Crippen LogP contribution is -2.29. The molecule has 1 atom stereocenters. The molecule has 1 unspecified atom stereocenters. The zero-order valence-corrected chi connectivity index (χ0v) is 11.3. The summed E-state index contributed by atoms with van der Waals surface area (Å²) in [6.45, 7) is 0. The molecule has 1 aromatic carbocycles. The molecule has 0 radical (unpaired) electrons. The number of anilines is 1. The van der Waals surface area contributed by atoms with E-state index < -0.39 is 12.0 Å². The molecule has 2 rings (SSSR count). The zero-order valence-electron chi connectivity index (χ0n) is 8.89. The molecule has 1 heterocycles. The van der Waals surface area contributed by atoms with E-state index in [0.29, 0.717) is 16.9 Å². The molecule has 0 saturated carbocycles. The number of alkyl halides is 1. The van der Waals surface area contributed by atoms with Gasteiger partial charge in [0.25, 0.3) is 0 Å². The number of rotatable bonds is 5. The summed E-state index contributed by atoms with van der Waals surface area (Å²) in [4.78, 5) is 15.3. The van der Waals surface area contributed by atoms with Gasteiger partial charge in [0.15, 0.2) is 5.13 Å². The second kappa shape index (κ2) is 5.46. The van der Waals surface area contributed by atoms with Crippen LogP contribution in [-0.2, 0) is 4.79 Å². The maximum absolute atomic E-state index is 11.0. The number of halogens is 1. The normalized spacial score (nSPS) is 12.5. The fraction of sp³-hybridized carbons (Fsp3) is 0.273. The number of nitrogens with zero attached hydrogens (tertiary/aromatic N) is 1. The molecule has 0 aliphatic heterocycles. The summed E-state index contributed by atoms with van der Waals surface area (Å²) in [6, 6.07) is 7.14. The first kappa shape index (κ1) is 12.3. The van der Waals surface area contributed by atoms with Crippen molar-refractivity contribution in [2.75, 3.05) is 10.6 Å².